The van der Waals surface area contributed by atoms with E-state index in [4.69, 9.17) is 5.11 Å². The monoisotopic (exact) mass is 332 g/mol. The lowest BCUT2D eigenvalue weighted by Crippen LogP contribution is -2.37. The van der Waals surface area contributed by atoms with E-state index in [2.05, 4.69) is 0 Å². The van der Waals surface area contributed by atoms with Gasteiger partial charge in [-0.2, -0.15) is 13.2 Å². The van der Waals surface area contributed by atoms with Crippen LogP contribution in [0.15, 0.2) is 18.2 Å². The number of aliphatic hydroxyl groups excluding tert-OH is 1. The molecule has 120 valence electrons. The molecule has 0 saturated heterocycles. The zero-order valence-corrected chi connectivity index (χ0v) is 11.7. The minimum absolute atomic E-state index is 0.213. The number of alkyl halides is 3. The maximum Gasteiger partial charge on any atom is 0.415 e. The van der Waals surface area contributed by atoms with Crippen LogP contribution >= 0.6 is 0 Å². The van der Waals surface area contributed by atoms with E-state index < -0.39 is 50.3 Å². The number of sulfone groups is 1. The molecule has 0 amide bonds. The molecule has 21 heavy (non-hydrogen) atoms. The molecule has 0 aromatic heterocycles. The van der Waals surface area contributed by atoms with Gasteiger partial charge in [0, 0.05) is 11.6 Å². The molecule has 1 aromatic rings. The Morgan fingerprint density at radius 3 is 2.24 bits per heavy atom. The molecular weight excluding hydrogens is 319 g/mol. The third kappa shape index (κ3) is 4.37. The molecule has 0 bridgehead atoms. The third-order valence-electron chi connectivity index (χ3n) is 2.88. The fourth-order valence-electron chi connectivity index (χ4n) is 1.86. The van der Waals surface area contributed by atoms with Crippen molar-refractivity contribution in [2.24, 2.45) is 0 Å². The zero-order valence-electron chi connectivity index (χ0n) is 10.9. The van der Waals surface area contributed by atoms with Gasteiger partial charge in [0.2, 0.25) is 0 Å². The third-order valence-corrected chi connectivity index (χ3v) is 5.12. The first-order valence-electron chi connectivity index (χ1n) is 5.90. The Balaban J connectivity index is 3.14. The summed E-state index contributed by atoms with van der Waals surface area (Å²) in [5, 5.41) is 7.28. The van der Waals surface area contributed by atoms with Crippen molar-refractivity contribution >= 4 is 9.84 Å². The van der Waals surface area contributed by atoms with Crippen LogP contribution in [0.1, 0.15) is 24.2 Å². The predicted molar refractivity (Wildman–Crippen MR) is 65.2 cm³/mol. The van der Waals surface area contributed by atoms with Crippen molar-refractivity contribution in [3.63, 3.8) is 0 Å². The van der Waals surface area contributed by atoms with Gasteiger partial charge in [-0.3, -0.25) is 0 Å². The van der Waals surface area contributed by atoms with Gasteiger partial charge in [-0.05, 0) is 12.5 Å². The zero-order chi connectivity index (χ0) is 16.4. The van der Waals surface area contributed by atoms with Crippen LogP contribution in [0.3, 0.4) is 0 Å². The number of halogens is 5. The minimum Gasteiger partial charge on any atom is -0.383 e. The Labute approximate surface area is 118 Å². The summed E-state index contributed by atoms with van der Waals surface area (Å²) < 4.78 is 87.0. The summed E-state index contributed by atoms with van der Waals surface area (Å²) in [7, 11) is -4.48. The molecule has 0 heterocycles. The molecule has 3 nitrogen and oxygen atoms in total. The largest absolute Gasteiger partial charge is 0.415 e. The number of benzene rings is 1. The van der Waals surface area contributed by atoms with Crippen molar-refractivity contribution in [3.05, 3.63) is 35.4 Å². The fourth-order valence-corrected chi connectivity index (χ4v) is 3.81. The molecule has 1 aromatic carbocycles. The van der Waals surface area contributed by atoms with Crippen LogP contribution in [-0.2, 0) is 9.84 Å². The second kappa shape index (κ2) is 6.27. The molecule has 0 aliphatic carbocycles. The van der Waals surface area contributed by atoms with E-state index in [1.54, 1.807) is 0 Å². The lowest BCUT2D eigenvalue weighted by molar-refractivity contribution is -0.196. The molecule has 0 saturated carbocycles. The van der Waals surface area contributed by atoms with Crippen LogP contribution in [0.2, 0.25) is 0 Å². The molecule has 0 aliphatic rings. The quantitative estimate of drug-likeness (QED) is 0.844. The summed E-state index contributed by atoms with van der Waals surface area (Å²) in [4.78, 5) is 0. The van der Waals surface area contributed by atoms with Gasteiger partial charge >= 0.3 is 6.18 Å². The van der Waals surface area contributed by atoms with Crippen molar-refractivity contribution in [2.75, 3.05) is 5.75 Å². The normalized spacial score (nSPS) is 15.8. The standard InChI is InChI=1S/C12H13F5O3S/c1-2-10(8-4-3-7(13)5-9(8)14)21(19,20)6-11(18)12(15,16)17/h3-5,10-11,18H,2,6H2,1H3/t10-,11+/m1/s1. The van der Waals surface area contributed by atoms with Crippen LogP contribution in [0.5, 0.6) is 0 Å². The highest BCUT2D eigenvalue weighted by molar-refractivity contribution is 7.91. The summed E-state index contributed by atoms with van der Waals surface area (Å²) >= 11 is 0. The number of hydrogen-bond donors (Lipinski definition) is 1. The van der Waals surface area contributed by atoms with Gasteiger partial charge in [-0.1, -0.05) is 13.0 Å². The second-order valence-electron chi connectivity index (χ2n) is 4.45. The van der Waals surface area contributed by atoms with Crippen molar-refractivity contribution in [2.45, 2.75) is 30.9 Å². The lowest BCUT2D eigenvalue weighted by Gasteiger charge is -2.20. The molecule has 0 aliphatic heterocycles. The molecule has 0 spiro atoms. The first-order valence-corrected chi connectivity index (χ1v) is 7.62. The van der Waals surface area contributed by atoms with E-state index >= 15 is 0 Å². The summed E-state index contributed by atoms with van der Waals surface area (Å²) in [5.74, 6) is -3.67. The number of rotatable bonds is 5. The summed E-state index contributed by atoms with van der Waals surface area (Å²) in [6, 6.07) is 2.14. The van der Waals surface area contributed by atoms with Gasteiger partial charge in [-0.15, -0.1) is 0 Å². The summed E-state index contributed by atoms with van der Waals surface area (Å²) in [6.45, 7) is 1.34. The van der Waals surface area contributed by atoms with E-state index in [-0.39, 0.29) is 6.42 Å². The molecule has 2 atom stereocenters. The molecule has 0 fully saturated rings. The highest BCUT2D eigenvalue weighted by Gasteiger charge is 2.43. The van der Waals surface area contributed by atoms with E-state index in [0.29, 0.717) is 6.07 Å². The van der Waals surface area contributed by atoms with Gasteiger partial charge in [0.05, 0.1) is 11.0 Å². The van der Waals surface area contributed by atoms with Crippen LogP contribution < -0.4 is 0 Å². The number of hydrogen-bond acceptors (Lipinski definition) is 3. The Morgan fingerprint density at radius 1 is 1.24 bits per heavy atom. The van der Waals surface area contributed by atoms with Crippen molar-refractivity contribution < 1.29 is 35.5 Å². The molecule has 1 rings (SSSR count). The Hall–Kier alpha value is -1.22. The van der Waals surface area contributed by atoms with Gasteiger partial charge < -0.3 is 5.11 Å². The van der Waals surface area contributed by atoms with Gasteiger partial charge in [0.15, 0.2) is 15.9 Å². The van der Waals surface area contributed by atoms with Crippen LogP contribution in [0, 0.1) is 11.6 Å². The van der Waals surface area contributed by atoms with Crippen molar-refractivity contribution in [1.29, 1.82) is 0 Å². The van der Waals surface area contributed by atoms with Crippen LogP contribution in [0.4, 0.5) is 22.0 Å². The summed E-state index contributed by atoms with van der Waals surface area (Å²) in [6.07, 6.45) is -8.36. The SMILES string of the molecule is CC[C@H](c1ccc(F)cc1F)S(=O)(=O)C[C@H](O)C(F)(F)F. The lowest BCUT2D eigenvalue weighted by atomic mass is 10.1. The van der Waals surface area contributed by atoms with E-state index in [1.165, 1.54) is 6.92 Å². The molecule has 1 N–H and O–H groups in total. The molecule has 0 unspecified atom stereocenters. The van der Waals surface area contributed by atoms with Gasteiger partial charge in [-0.25, -0.2) is 17.2 Å². The first kappa shape index (κ1) is 17.8. The van der Waals surface area contributed by atoms with Gasteiger partial charge in [0.1, 0.15) is 11.6 Å². The van der Waals surface area contributed by atoms with E-state index in [1.807, 2.05) is 0 Å². The average Bonchev–Trinajstić information content (AvgIpc) is 2.30. The Bertz CT molecular complexity index is 597. The Morgan fingerprint density at radius 2 is 1.81 bits per heavy atom. The second-order valence-corrected chi connectivity index (χ2v) is 6.68. The molecule has 0 radical (unpaired) electrons. The smallest absolute Gasteiger partial charge is 0.383 e. The maximum atomic E-state index is 13.6. The minimum atomic E-state index is -5.09. The fraction of sp³-hybridized carbons (Fsp3) is 0.500. The first-order chi connectivity index (χ1) is 9.49. The molecular formula is C12H13F5O3S. The maximum absolute atomic E-state index is 13.6. The van der Waals surface area contributed by atoms with E-state index in [0.717, 1.165) is 12.1 Å². The van der Waals surface area contributed by atoms with Crippen LogP contribution in [0.25, 0.3) is 0 Å². The average molecular weight is 332 g/mol. The van der Waals surface area contributed by atoms with Crippen molar-refractivity contribution in [1.82, 2.24) is 0 Å². The predicted octanol–water partition coefficient (Wildman–Crippen LogP) is 2.75. The van der Waals surface area contributed by atoms with Gasteiger partial charge in [0.25, 0.3) is 0 Å². The topological polar surface area (TPSA) is 54.4 Å². The van der Waals surface area contributed by atoms with Crippen LogP contribution in [-0.4, -0.2) is 31.6 Å². The molecule has 9 heteroatoms. The van der Waals surface area contributed by atoms with E-state index in [9.17, 15) is 30.4 Å². The highest BCUT2D eigenvalue weighted by Crippen LogP contribution is 2.31. The van der Waals surface area contributed by atoms with Crippen molar-refractivity contribution in [3.8, 4) is 0 Å². The summed E-state index contributed by atoms with van der Waals surface area (Å²) in [5.41, 5.74) is -0.423. The number of aliphatic hydroxyl groups is 1. The highest BCUT2D eigenvalue weighted by atomic mass is 32.2. The Kier molecular flexibility index (Phi) is 5.32.